The first-order chi connectivity index (χ1) is 9.12. The van der Waals surface area contributed by atoms with Crippen molar-refractivity contribution in [3.05, 3.63) is 30.1 Å². The van der Waals surface area contributed by atoms with E-state index in [1.165, 1.54) is 0 Å². The van der Waals surface area contributed by atoms with Crippen LogP contribution in [-0.4, -0.2) is 33.0 Å². The maximum atomic E-state index is 11.8. The summed E-state index contributed by atoms with van der Waals surface area (Å²) in [6.07, 6.45) is 6.87. The van der Waals surface area contributed by atoms with Crippen LogP contribution >= 0.6 is 0 Å². The number of aliphatic carboxylic acids is 1. The SMILES string of the molecule is CCCC1(C(=O)O)CCCN1C(C)c1ccncc1. The molecule has 0 radical (unpaired) electrons. The molecule has 2 heterocycles. The minimum Gasteiger partial charge on any atom is -0.480 e. The number of aromatic nitrogens is 1. The molecule has 1 fully saturated rings. The van der Waals surface area contributed by atoms with Crippen molar-refractivity contribution in [2.24, 2.45) is 0 Å². The highest BCUT2D eigenvalue weighted by atomic mass is 16.4. The number of pyridine rings is 1. The maximum absolute atomic E-state index is 11.8. The number of carbonyl (C=O) groups is 1. The van der Waals surface area contributed by atoms with E-state index < -0.39 is 11.5 Å². The molecule has 1 aromatic heterocycles. The summed E-state index contributed by atoms with van der Waals surface area (Å²) in [4.78, 5) is 18.0. The van der Waals surface area contributed by atoms with Gasteiger partial charge in [-0.3, -0.25) is 14.7 Å². The van der Waals surface area contributed by atoms with E-state index in [0.29, 0.717) is 0 Å². The summed E-state index contributed by atoms with van der Waals surface area (Å²) in [6.45, 7) is 5.00. The Kier molecular flexibility index (Phi) is 4.20. The van der Waals surface area contributed by atoms with Crippen molar-refractivity contribution in [1.29, 1.82) is 0 Å². The molecular formula is C15H22N2O2. The van der Waals surface area contributed by atoms with Crippen molar-refractivity contribution in [3.63, 3.8) is 0 Å². The number of likely N-dealkylation sites (tertiary alicyclic amines) is 1. The zero-order valence-corrected chi connectivity index (χ0v) is 11.7. The number of rotatable bonds is 5. The first kappa shape index (κ1) is 14.0. The van der Waals surface area contributed by atoms with Crippen LogP contribution in [-0.2, 0) is 4.79 Å². The highest BCUT2D eigenvalue weighted by Gasteiger charge is 2.48. The van der Waals surface area contributed by atoms with Crippen molar-refractivity contribution < 1.29 is 9.90 Å². The normalized spacial score (nSPS) is 25.4. The zero-order valence-electron chi connectivity index (χ0n) is 11.7. The summed E-state index contributed by atoms with van der Waals surface area (Å²) in [6, 6.07) is 4.07. The predicted octanol–water partition coefficient (Wildman–Crippen LogP) is 2.86. The molecule has 2 unspecified atom stereocenters. The Morgan fingerprint density at radius 2 is 2.21 bits per heavy atom. The molecule has 2 rings (SSSR count). The van der Waals surface area contributed by atoms with E-state index in [1.807, 2.05) is 12.1 Å². The molecule has 1 aliphatic rings. The van der Waals surface area contributed by atoms with Gasteiger partial charge in [-0.2, -0.15) is 0 Å². The Morgan fingerprint density at radius 3 is 2.79 bits per heavy atom. The van der Waals surface area contributed by atoms with Gasteiger partial charge in [-0.05, 0) is 50.4 Å². The lowest BCUT2D eigenvalue weighted by Crippen LogP contribution is -2.51. The van der Waals surface area contributed by atoms with Gasteiger partial charge < -0.3 is 5.11 Å². The van der Waals surface area contributed by atoms with Gasteiger partial charge in [-0.25, -0.2) is 0 Å². The minimum atomic E-state index is -0.683. The molecule has 1 aromatic rings. The van der Waals surface area contributed by atoms with Crippen LogP contribution in [0.15, 0.2) is 24.5 Å². The van der Waals surface area contributed by atoms with E-state index in [4.69, 9.17) is 0 Å². The molecule has 0 amide bonds. The summed E-state index contributed by atoms with van der Waals surface area (Å²) in [5.74, 6) is -0.673. The van der Waals surface area contributed by atoms with E-state index in [0.717, 1.165) is 37.8 Å². The highest BCUT2D eigenvalue weighted by molar-refractivity contribution is 5.79. The van der Waals surface area contributed by atoms with Gasteiger partial charge in [0.25, 0.3) is 0 Å². The molecule has 0 bridgehead atoms. The van der Waals surface area contributed by atoms with Crippen molar-refractivity contribution >= 4 is 5.97 Å². The van der Waals surface area contributed by atoms with Gasteiger partial charge in [0.2, 0.25) is 0 Å². The van der Waals surface area contributed by atoms with Crippen LogP contribution in [0.2, 0.25) is 0 Å². The van der Waals surface area contributed by atoms with Crippen LogP contribution in [0.25, 0.3) is 0 Å². The minimum absolute atomic E-state index is 0.119. The summed E-state index contributed by atoms with van der Waals surface area (Å²) in [5, 5.41) is 9.71. The molecule has 4 heteroatoms. The van der Waals surface area contributed by atoms with Crippen LogP contribution in [0.4, 0.5) is 0 Å². The van der Waals surface area contributed by atoms with Gasteiger partial charge in [0.05, 0.1) is 0 Å². The molecule has 1 saturated heterocycles. The van der Waals surface area contributed by atoms with Crippen LogP contribution in [0.5, 0.6) is 0 Å². The first-order valence-corrected chi connectivity index (χ1v) is 7.02. The van der Waals surface area contributed by atoms with Crippen LogP contribution in [0.3, 0.4) is 0 Å². The fraction of sp³-hybridized carbons (Fsp3) is 0.600. The van der Waals surface area contributed by atoms with E-state index in [9.17, 15) is 9.90 Å². The van der Waals surface area contributed by atoms with Crippen LogP contribution in [0, 0.1) is 0 Å². The van der Waals surface area contributed by atoms with Crippen molar-refractivity contribution in [1.82, 2.24) is 9.88 Å². The molecule has 19 heavy (non-hydrogen) atoms. The predicted molar refractivity (Wildman–Crippen MR) is 73.9 cm³/mol. The van der Waals surface area contributed by atoms with Gasteiger partial charge in [0.15, 0.2) is 0 Å². The molecule has 4 nitrogen and oxygen atoms in total. The lowest BCUT2D eigenvalue weighted by molar-refractivity contribution is -0.151. The van der Waals surface area contributed by atoms with E-state index >= 15 is 0 Å². The average Bonchev–Trinajstić information content (AvgIpc) is 2.84. The molecule has 2 atom stereocenters. The quantitative estimate of drug-likeness (QED) is 0.886. The fourth-order valence-electron chi connectivity index (χ4n) is 3.30. The molecule has 104 valence electrons. The van der Waals surface area contributed by atoms with E-state index in [-0.39, 0.29) is 6.04 Å². The molecule has 0 saturated carbocycles. The van der Waals surface area contributed by atoms with Crippen LogP contribution < -0.4 is 0 Å². The number of nitrogens with zero attached hydrogens (tertiary/aromatic N) is 2. The highest BCUT2D eigenvalue weighted by Crippen LogP contribution is 2.39. The zero-order chi connectivity index (χ0) is 13.9. The van der Waals surface area contributed by atoms with Gasteiger partial charge >= 0.3 is 5.97 Å². The van der Waals surface area contributed by atoms with E-state index in [1.54, 1.807) is 12.4 Å². The third kappa shape index (κ3) is 2.50. The Morgan fingerprint density at radius 1 is 1.53 bits per heavy atom. The number of carboxylic acid groups (broad SMARTS) is 1. The van der Waals surface area contributed by atoms with Crippen molar-refractivity contribution in [2.75, 3.05) is 6.54 Å². The molecular weight excluding hydrogens is 240 g/mol. The largest absolute Gasteiger partial charge is 0.480 e. The van der Waals surface area contributed by atoms with Gasteiger partial charge in [-0.1, -0.05) is 13.3 Å². The number of hydrogen-bond acceptors (Lipinski definition) is 3. The number of hydrogen-bond donors (Lipinski definition) is 1. The van der Waals surface area contributed by atoms with Gasteiger partial charge in [0, 0.05) is 18.4 Å². The topological polar surface area (TPSA) is 53.4 Å². The Labute approximate surface area is 114 Å². The van der Waals surface area contributed by atoms with Gasteiger partial charge in [0.1, 0.15) is 5.54 Å². The lowest BCUT2D eigenvalue weighted by Gasteiger charge is -2.39. The third-order valence-electron chi connectivity index (χ3n) is 4.26. The van der Waals surface area contributed by atoms with E-state index in [2.05, 4.69) is 23.7 Å². The summed E-state index contributed by atoms with van der Waals surface area (Å²) >= 11 is 0. The fourth-order valence-corrected chi connectivity index (χ4v) is 3.30. The Hall–Kier alpha value is -1.42. The molecule has 1 aliphatic heterocycles. The first-order valence-electron chi connectivity index (χ1n) is 7.02. The van der Waals surface area contributed by atoms with Gasteiger partial charge in [-0.15, -0.1) is 0 Å². The standard InChI is InChI=1S/C15H22N2O2/c1-3-7-15(14(18)19)8-4-11-17(15)12(2)13-5-9-16-10-6-13/h5-6,9-10,12H,3-4,7-8,11H2,1-2H3,(H,18,19). The summed E-state index contributed by atoms with van der Waals surface area (Å²) in [7, 11) is 0. The van der Waals surface area contributed by atoms with Crippen molar-refractivity contribution in [2.45, 2.75) is 51.1 Å². The summed E-state index contributed by atoms with van der Waals surface area (Å²) < 4.78 is 0. The Balaban J connectivity index is 2.29. The lowest BCUT2D eigenvalue weighted by atomic mass is 9.89. The molecule has 0 aliphatic carbocycles. The van der Waals surface area contributed by atoms with Crippen molar-refractivity contribution in [3.8, 4) is 0 Å². The average molecular weight is 262 g/mol. The third-order valence-corrected chi connectivity index (χ3v) is 4.26. The Bertz CT molecular complexity index is 435. The summed E-state index contributed by atoms with van der Waals surface area (Å²) in [5.41, 5.74) is 0.455. The molecule has 0 spiro atoms. The maximum Gasteiger partial charge on any atom is 0.324 e. The molecule has 0 aromatic carbocycles. The second kappa shape index (κ2) is 5.70. The molecule has 1 N–H and O–H groups in total. The monoisotopic (exact) mass is 262 g/mol. The number of carboxylic acids is 1. The van der Waals surface area contributed by atoms with Crippen LogP contribution in [0.1, 0.15) is 51.1 Å². The second-order valence-electron chi connectivity index (χ2n) is 5.34. The second-order valence-corrected chi connectivity index (χ2v) is 5.34. The smallest absolute Gasteiger partial charge is 0.324 e.